The maximum Gasteiger partial charge on any atom is 0.305 e. The zero-order valence-electron chi connectivity index (χ0n) is 8.34. The number of hydrogen-bond acceptors (Lipinski definition) is 2. The average Bonchev–Trinajstić information content (AvgIpc) is 2.16. The van der Waals surface area contributed by atoms with Gasteiger partial charge in [-0.15, -0.1) is 0 Å². The quantitative estimate of drug-likeness (QED) is 0.495. The fourth-order valence-corrected chi connectivity index (χ4v) is 1.80. The summed E-state index contributed by atoms with van der Waals surface area (Å²) in [5.74, 6) is 0.633. The Morgan fingerprint density at radius 2 is 2.15 bits per heavy atom. The van der Waals surface area contributed by atoms with Gasteiger partial charge in [0.15, 0.2) is 0 Å². The molecule has 1 saturated carbocycles. The minimum Gasteiger partial charge on any atom is -0.469 e. The molecule has 0 N–H and O–H groups in total. The first-order valence-corrected chi connectivity index (χ1v) is 4.96. The third kappa shape index (κ3) is 3.62. The molecule has 1 aliphatic carbocycles. The van der Waals surface area contributed by atoms with Crippen LogP contribution in [0.25, 0.3) is 0 Å². The third-order valence-corrected chi connectivity index (χ3v) is 2.80. The van der Waals surface area contributed by atoms with Crippen LogP contribution in [0.3, 0.4) is 0 Å². The molecule has 74 valence electrons. The number of carbonyl (C=O) groups is 1. The van der Waals surface area contributed by atoms with Crippen LogP contribution < -0.4 is 0 Å². The second-order valence-electron chi connectivity index (χ2n) is 3.81. The molecule has 0 aromatic rings. The van der Waals surface area contributed by atoms with Crippen LogP contribution in [0, 0.1) is 5.92 Å². The van der Waals surface area contributed by atoms with Crippen molar-refractivity contribution in [2.24, 2.45) is 5.92 Å². The minimum absolute atomic E-state index is 0.0793. The van der Waals surface area contributed by atoms with Gasteiger partial charge in [0.05, 0.1) is 7.11 Å². The lowest BCUT2D eigenvalue weighted by atomic mass is 9.84. The molecule has 0 saturated heterocycles. The standard InChI is InChI=1S/C11H18O2/c1-9-3-5-10(6-4-9)7-8-11(12)13-2/h10H,1,3-8H2,2H3. The van der Waals surface area contributed by atoms with Crippen molar-refractivity contribution >= 4 is 5.97 Å². The highest BCUT2D eigenvalue weighted by Gasteiger charge is 2.16. The van der Waals surface area contributed by atoms with E-state index in [0.717, 1.165) is 19.3 Å². The van der Waals surface area contributed by atoms with Crippen molar-refractivity contribution in [3.8, 4) is 0 Å². The smallest absolute Gasteiger partial charge is 0.305 e. The van der Waals surface area contributed by atoms with Crippen LogP contribution in [-0.2, 0) is 9.53 Å². The number of methoxy groups -OCH3 is 1. The Bertz CT molecular complexity index is 186. The van der Waals surface area contributed by atoms with E-state index in [-0.39, 0.29) is 5.97 Å². The van der Waals surface area contributed by atoms with Gasteiger partial charge in [0.25, 0.3) is 0 Å². The van der Waals surface area contributed by atoms with Gasteiger partial charge in [0.2, 0.25) is 0 Å². The minimum atomic E-state index is -0.0793. The van der Waals surface area contributed by atoms with Crippen LogP contribution in [-0.4, -0.2) is 13.1 Å². The predicted octanol–water partition coefficient (Wildman–Crippen LogP) is 2.69. The van der Waals surface area contributed by atoms with E-state index in [1.165, 1.54) is 25.5 Å². The highest BCUT2D eigenvalue weighted by Crippen LogP contribution is 2.29. The molecule has 0 unspecified atom stereocenters. The molecule has 0 radical (unpaired) electrons. The second kappa shape index (κ2) is 5.05. The van der Waals surface area contributed by atoms with E-state index >= 15 is 0 Å². The van der Waals surface area contributed by atoms with Crippen molar-refractivity contribution in [3.05, 3.63) is 12.2 Å². The van der Waals surface area contributed by atoms with E-state index in [1.807, 2.05) is 0 Å². The highest BCUT2D eigenvalue weighted by molar-refractivity contribution is 5.69. The molecule has 0 aliphatic heterocycles. The summed E-state index contributed by atoms with van der Waals surface area (Å²) >= 11 is 0. The van der Waals surface area contributed by atoms with Crippen LogP contribution >= 0.6 is 0 Å². The fraction of sp³-hybridized carbons (Fsp3) is 0.727. The summed E-state index contributed by atoms with van der Waals surface area (Å²) in [7, 11) is 1.45. The van der Waals surface area contributed by atoms with Crippen molar-refractivity contribution < 1.29 is 9.53 Å². The van der Waals surface area contributed by atoms with Crippen molar-refractivity contribution in [2.75, 3.05) is 7.11 Å². The Morgan fingerprint density at radius 3 is 2.69 bits per heavy atom. The van der Waals surface area contributed by atoms with Crippen LogP contribution in [0.2, 0.25) is 0 Å². The van der Waals surface area contributed by atoms with Crippen LogP contribution in [0.1, 0.15) is 38.5 Å². The topological polar surface area (TPSA) is 26.3 Å². The largest absolute Gasteiger partial charge is 0.469 e. The zero-order valence-corrected chi connectivity index (χ0v) is 8.34. The van der Waals surface area contributed by atoms with Crippen molar-refractivity contribution in [1.82, 2.24) is 0 Å². The normalized spacial score (nSPS) is 18.7. The predicted molar refractivity (Wildman–Crippen MR) is 52.3 cm³/mol. The van der Waals surface area contributed by atoms with Gasteiger partial charge in [-0.05, 0) is 38.0 Å². The van der Waals surface area contributed by atoms with Gasteiger partial charge in [-0.1, -0.05) is 12.2 Å². The molecule has 0 bridgehead atoms. The SMILES string of the molecule is C=C1CCC(CCC(=O)OC)CC1. The maximum absolute atomic E-state index is 10.9. The lowest BCUT2D eigenvalue weighted by Gasteiger charge is -2.22. The molecule has 2 heteroatoms. The van der Waals surface area contributed by atoms with Gasteiger partial charge in [0, 0.05) is 6.42 Å². The molecule has 1 rings (SSSR count). The van der Waals surface area contributed by atoms with E-state index in [9.17, 15) is 4.79 Å². The molecular formula is C11H18O2. The zero-order chi connectivity index (χ0) is 9.68. The van der Waals surface area contributed by atoms with Crippen LogP contribution in [0.4, 0.5) is 0 Å². The van der Waals surface area contributed by atoms with Gasteiger partial charge in [-0.25, -0.2) is 0 Å². The van der Waals surface area contributed by atoms with Crippen molar-refractivity contribution in [3.63, 3.8) is 0 Å². The third-order valence-electron chi connectivity index (χ3n) is 2.80. The number of rotatable bonds is 3. The molecule has 0 aromatic heterocycles. The Balaban J connectivity index is 2.15. The Labute approximate surface area is 80.0 Å². The first-order valence-electron chi connectivity index (χ1n) is 4.96. The van der Waals surface area contributed by atoms with E-state index < -0.39 is 0 Å². The molecule has 0 amide bonds. The molecule has 13 heavy (non-hydrogen) atoms. The van der Waals surface area contributed by atoms with Gasteiger partial charge >= 0.3 is 5.97 Å². The second-order valence-corrected chi connectivity index (χ2v) is 3.81. The lowest BCUT2D eigenvalue weighted by Crippen LogP contribution is -2.10. The van der Waals surface area contributed by atoms with Gasteiger partial charge in [0.1, 0.15) is 0 Å². The number of hydrogen-bond donors (Lipinski definition) is 0. The maximum atomic E-state index is 10.9. The van der Waals surface area contributed by atoms with Crippen molar-refractivity contribution in [2.45, 2.75) is 38.5 Å². The van der Waals surface area contributed by atoms with Gasteiger partial charge < -0.3 is 4.74 Å². The molecule has 1 aliphatic rings. The number of carbonyl (C=O) groups excluding carboxylic acids is 1. The van der Waals surface area contributed by atoms with E-state index in [4.69, 9.17) is 0 Å². The molecule has 0 atom stereocenters. The summed E-state index contributed by atoms with van der Waals surface area (Å²) in [5, 5.41) is 0. The Hall–Kier alpha value is -0.790. The average molecular weight is 182 g/mol. The summed E-state index contributed by atoms with van der Waals surface area (Å²) in [6, 6.07) is 0. The van der Waals surface area contributed by atoms with E-state index in [1.54, 1.807) is 0 Å². The fourth-order valence-electron chi connectivity index (χ4n) is 1.80. The first-order chi connectivity index (χ1) is 6.22. The molecular weight excluding hydrogens is 164 g/mol. The Morgan fingerprint density at radius 1 is 1.54 bits per heavy atom. The number of esters is 1. The summed E-state index contributed by atoms with van der Waals surface area (Å²) < 4.78 is 4.61. The van der Waals surface area contributed by atoms with Crippen molar-refractivity contribution in [1.29, 1.82) is 0 Å². The summed E-state index contributed by atoms with van der Waals surface area (Å²) in [4.78, 5) is 10.9. The number of ether oxygens (including phenoxy) is 1. The molecule has 0 spiro atoms. The molecule has 0 aromatic carbocycles. The number of allylic oxidation sites excluding steroid dienone is 1. The lowest BCUT2D eigenvalue weighted by molar-refractivity contribution is -0.141. The van der Waals surface area contributed by atoms with E-state index in [2.05, 4.69) is 11.3 Å². The molecule has 0 heterocycles. The Kier molecular flexibility index (Phi) is 4.00. The van der Waals surface area contributed by atoms with Gasteiger partial charge in [-0.2, -0.15) is 0 Å². The monoisotopic (exact) mass is 182 g/mol. The summed E-state index contributed by atoms with van der Waals surface area (Å²) in [6.45, 7) is 3.97. The van der Waals surface area contributed by atoms with E-state index in [0.29, 0.717) is 12.3 Å². The summed E-state index contributed by atoms with van der Waals surface area (Å²) in [5.41, 5.74) is 1.37. The highest BCUT2D eigenvalue weighted by atomic mass is 16.5. The van der Waals surface area contributed by atoms with Gasteiger partial charge in [-0.3, -0.25) is 4.79 Å². The molecule has 2 nitrogen and oxygen atoms in total. The summed E-state index contributed by atoms with van der Waals surface area (Å²) in [6.07, 6.45) is 6.26. The van der Waals surface area contributed by atoms with Crippen LogP contribution in [0.5, 0.6) is 0 Å². The first kappa shape index (κ1) is 10.3. The molecule has 1 fully saturated rings. The van der Waals surface area contributed by atoms with Crippen LogP contribution in [0.15, 0.2) is 12.2 Å².